The highest BCUT2D eigenvalue weighted by molar-refractivity contribution is 7.89. The first-order valence-electron chi connectivity index (χ1n) is 8.83. The molecular formula is C19H20ClN3O5S. The van der Waals surface area contributed by atoms with Crippen LogP contribution in [0.5, 0.6) is 5.75 Å². The van der Waals surface area contributed by atoms with Crippen LogP contribution in [0.3, 0.4) is 0 Å². The molecule has 0 spiro atoms. The van der Waals surface area contributed by atoms with E-state index in [4.69, 9.17) is 22.1 Å². The average Bonchev–Trinajstić information content (AvgIpc) is 2.72. The number of halogens is 1. The summed E-state index contributed by atoms with van der Waals surface area (Å²) < 4.78 is 32.0. The smallest absolute Gasteiger partial charge is 0.255 e. The minimum Gasteiger partial charge on any atom is -0.484 e. The van der Waals surface area contributed by atoms with Crippen LogP contribution in [0.25, 0.3) is 0 Å². The van der Waals surface area contributed by atoms with Crippen LogP contribution >= 0.6 is 11.6 Å². The van der Waals surface area contributed by atoms with Gasteiger partial charge in [-0.2, -0.15) is 4.31 Å². The third-order valence-electron chi connectivity index (χ3n) is 4.44. The van der Waals surface area contributed by atoms with E-state index in [0.717, 1.165) is 0 Å². The highest BCUT2D eigenvalue weighted by Crippen LogP contribution is 2.21. The van der Waals surface area contributed by atoms with E-state index in [9.17, 15) is 18.0 Å². The second-order valence-corrected chi connectivity index (χ2v) is 8.81. The Morgan fingerprint density at radius 3 is 2.28 bits per heavy atom. The van der Waals surface area contributed by atoms with Crippen molar-refractivity contribution in [2.24, 2.45) is 5.73 Å². The highest BCUT2D eigenvalue weighted by atomic mass is 35.5. The van der Waals surface area contributed by atoms with Gasteiger partial charge in [0.1, 0.15) is 5.75 Å². The maximum atomic E-state index is 12.7. The molecule has 8 nitrogen and oxygen atoms in total. The zero-order valence-electron chi connectivity index (χ0n) is 15.5. The quantitative estimate of drug-likeness (QED) is 0.733. The van der Waals surface area contributed by atoms with Gasteiger partial charge in [0.15, 0.2) is 6.61 Å². The van der Waals surface area contributed by atoms with E-state index in [0.29, 0.717) is 16.3 Å². The van der Waals surface area contributed by atoms with Crippen molar-refractivity contribution in [1.29, 1.82) is 0 Å². The molecule has 0 aromatic heterocycles. The average molecular weight is 438 g/mol. The van der Waals surface area contributed by atoms with Crippen molar-refractivity contribution in [2.45, 2.75) is 4.90 Å². The van der Waals surface area contributed by atoms with E-state index in [2.05, 4.69) is 0 Å². The van der Waals surface area contributed by atoms with Crippen molar-refractivity contribution in [1.82, 2.24) is 9.21 Å². The molecule has 1 saturated heterocycles. The maximum absolute atomic E-state index is 12.7. The summed E-state index contributed by atoms with van der Waals surface area (Å²) in [6.07, 6.45) is 0. The number of carbonyl (C=O) groups excluding carboxylic acids is 2. The molecule has 2 aromatic rings. The van der Waals surface area contributed by atoms with E-state index < -0.39 is 15.9 Å². The fraction of sp³-hybridized carbons (Fsp3) is 0.263. The van der Waals surface area contributed by atoms with Crippen molar-refractivity contribution in [3.63, 3.8) is 0 Å². The lowest BCUT2D eigenvalue weighted by Crippen LogP contribution is -2.50. The van der Waals surface area contributed by atoms with E-state index in [1.165, 1.54) is 16.4 Å². The molecule has 0 radical (unpaired) electrons. The van der Waals surface area contributed by atoms with Crippen molar-refractivity contribution >= 4 is 33.4 Å². The highest BCUT2D eigenvalue weighted by Gasteiger charge is 2.30. The summed E-state index contributed by atoms with van der Waals surface area (Å²) in [5, 5.41) is 0.350. The van der Waals surface area contributed by atoms with Crippen LogP contribution in [-0.2, 0) is 14.8 Å². The molecule has 29 heavy (non-hydrogen) atoms. The second kappa shape index (κ2) is 8.81. The molecule has 2 aromatic carbocycles. The lowest BCUT2D eigenvalue weighted by molar-refractivity contribution is -0.119. The Bertz CT molecular complexity index is 1000. The summed E-state index contributed by atoms with van der Waals surface area (Å²) in [5.74, 6) is -0.361. The number of sulfonamides is 1. The van der Waals surface area contributed by atoms with E-state index >= 15 is 0 Å². The molecular weight excluding hydrogens is 418 g/mol. The molecule has 0 saturated carbocycles. The van der Waals surface area contributed by atoms with Gasteiger partial charge in [-0.15, -0.1) is 0 Å². The zero-order chi connectivity index (χ0) is 21.0. The molecule has 0 atom stereocenters. The molecule has 3 rings (SSSR count). The Hall–Kier alpha value is -2.62. The van der Waals surface area contributed by atoms with Crippen LogP contribution in [0.2, 0.25) is 5.02 Å². The Labute approximate surface area is 173 Å². The summed E-state index contributed by atoms with van der Waals surface area (Å²) >= 11 is 5.90. The summed E-state index contributed by atoms with van der Waals surface area (Å²) in [4.78, 5) is 25.2. The number of nitrogens with two attached hydrogens (primary N) is 1. The number of rotatable bonds is 6. The summed E-state index contributed by atoms with van der Waals surface area (Å²) in [5.41, 5.74) is 5.47. The minimum absolute atomic E-state index is 0.135. The van der Waals surface area contributed by atoms with Gasteiger partial charge in [-0.25, -0.2) is 8.42 Å². The van der Waals surface area contributed by atoms with E-state index in [1.54, 1.807) is 41.3 Å². The largest absolute Gasteiger partial charge is 0.484 e. The number of primary amides is 1. The third-order valence-corrected chi connectivity index (χ3v) is 6.57. The van der Waals surface area contributed by atoms with Crippen LogP contribution in [-0.4, -0.2) is 62.2 Å². The molecule has 1 heterocycles. The predicted molar refractivity (Wildman–Crippen MR) is 107 cm³/mol. The Balaban J connectivity index is 1.61. The molecule has 154 valence electrons. The number of hydrogen-bond donors (Lipinski definition) is 1. The number of hydrogen-bond acceptors (Lipinski definition) is 5. The molecule has 1 aliphatic rings. The van der Waals surface area contributed by atoms with Crippen molar-refractivity contribution < 1.29 is 22.7 Å². The van der Waals surface area contributed by atoms with Crippen LogP contribution in [0.1, 0.15) is 10.4 Å². The normalized spacial score (nSPS) is 15.1. The first-order chi connectivity index (χ1) is 13.8. The maximum Gasteiger partial charge on any atom is 0.255 e. The summed E-state index contributed by atoms with van der Waals surface area (Å²) in [7, 11) is -3.66. The second-order valence-electron chi connectivity index (χ2n) is 6.43. The van der Waals surface area contributed by atoms with E-state index in [-0.39, 0.29) is 43.6 Å². The van der Waals surface area contributed by atoms with Gasteiger partial charge in [0, 0.05) is 36.8 Å². The van der Waals surface area contributed by atoms with Crippen LogP contribution in [0.4, 0.5) is 0 Å². The van der Waals surface area contributed by atoms with Crippen molar-refractivity contribution in [2.75, 3.05) is 32.8 Å². The molecule has 2 N–H and O–H groups in total. The fourth-order valence-corrected chi connectivity index (χ4v) is 4.66. The molecule has 1 fully saturated rings. The van der Waals surface area contributed by atoms with Gasteiger partial charge in [0.2, 0.25) is 10.0 Å². The van der Waals surface area contributed by atoms with Crippen molar-refractivity contribution in [3.05, 3.63) is 59.1 Å². The Kier molecular flexibility index (Phi) is 6.41. The lowest BCUT2D eigenvalue weighted by atomic mass is 10.2. The van der Waals surface area contributed by atoms with Gasteiger partial charge in [0.25, 0.3) is 11.8 Å². The van der Waals surface area contributed by atoms with Gasteiger partial charge in [0.05, 0.1) is 4.90 Å². The minimum atomic E-state index is -3.66. The summed E-state index contributed by atoms with van der Waals surface area (Å²) in [6, 6.07) is 12.5. The number of carbonyl (C=O) groups is 2. The number of piperazine rings is 1. The monoisotopic (exact) mass is 437 g/mol. The third kappa shape index (κ3) is 5.06. The first kappa shape index (κ1) is 21.1. The number of ether oxygens (including phenoxy) is 1. The molecule has 0 unspecified atom stereocenters. The Morgan fingerprint density at radius 1 is 1.03 bits per heavy atom. The van der Waals surface area contributed by atoms with Gasteiger partial charge in [-0.05, 0) is 42.5 Å². The number of amides is 2. The van der Waals surface area contributed by atoms with Crippen LogP contribution < -0.4 is 10.5 Å². The zero-order valence-corrected chi connectivity index (χ0v) is 17.0. The lowest BCUT2D eigenvalue weighted by Gasteiger charge is -2.34. The van der Waals surface area contributed by atoms with Crippen LogP contribution in [0, 0.1) is 0 Å². The van der Waals surface area contributed by atoms with E-state index in [1.807, 2.05) is 0 Å². The first-order valence-corrected chi connectivity index (χ1v) is 10.7. The van der Waals surface area contributed by atoms with Gasteiger partial charge < -0.3 is 15.4 Å². The predicted octanol–water partition coefficient (Wildman–Crippen LogP) is 1.35. The molecule has 2 amide bonds. The fourth-order valence-electron chi connectivity index (χ4n) is 2.94. The molecule has 1 aliphatic heterocycles. The number of benzene rings is 2. The van der Waals surface area contributed by atoms with Gasteiger partial charge >= 0.3 is 0 Å². The SMILES string of the molecule is NC(=O)COc1ccc(C(=O)N2CCN(S(=O)(=O)c3cccc(Cl)c3)CC2)cc1. The Morgan fingerprint density at radius 2 is 1.69 bits per heavy atom. The van der Waals surface area contributed by atoms with Gasteiger partial charge in [-0.3, -0.25) is 9.59 Å². The molecule has 0 aliphatic carbocycles. The summed E-state index contributed by atoms with van der Waals surface area (Å²) in [6.45, 7) is 0.703. The number of nitrogens with zero attached hydrogens (tertiary/aromatic N) is 2. The molecule has 10 heteroatoms. The molecule has 0 bridgehead atoms. The van der Waals surface area contributed by atoms with Crippen molar-refractivity contribution in [3.8, 4) is 5.75 Å². The van der Waals surface area contributed by atoms with Gasteiger partial charge in [-0.1, -0.05) is 17.7 Å². The standard InChI is InChI=1S/C19H20ClN3O5S/c20-15-2-1-3-17(12-15)29(26,27)23-10-8-22(9-11-23)19(25)14-4-6-16(7-5-14)28-13-18(21)24/h1-7,12H,8-11,13H2,(H2,21,24). The topological polar surface area (TPSA) is 110 Å². The van der Waals surface area contributed by atoms with Crippen LogP contribution in [0.15, 0.2) is 53.4 Å².